The summed E-state index contributed by atoms with van der Waals surface area (Å²) in [5.74, 6) is 0. The summed E-state index contributed by atoms with van der Waals surface area (Å²) in [7, 11) is 0. The largest absolute Gasteiger partial charge is 0.411 e. The number of rotatable bonds is 4. The van der Waals surface area contributed by atoms with Gasteiger partial charge in [-0.05, 0) is 35.4 Å². The fourth-order valence-electron chi connectivity index (χ4n) is 6.63. The second-order valence-corrected chi connectivity index (χ2v) is 11.7. The van der Waals surface area contributed by atoms with Gasteiger partial charge in [0.1, 0.15) is 0 Å². The monoisotopic (exact) mass is 660 g/mol. The Balaban J connectivity index is 1.31. The predicted octanol–water partition coefficient (Wildman–Crippen LogP) is 10.6. The van der Waals surface area contributed by atoms with Gasteiger partial charge in [0, 0.05) is 45.1 Å². The van der Waals surface area contributed by atoms with Crippen molar-refractivity contribution < 1.29 is 26.3 Å². The van der Waals surface area contributed by atoms with Crippen molar-refractivity contribution in [3.63, 3.8) is 0 Å². The van der Waals surface area contributed by atoms with Crippen LogP contribution in [0, 0.1) is 0 Å². The van der Waals surface area contributed by atoms with Gasteiger partial charge in [0.25, 0.3) is 0 Å². The molecule has 4 aromatic carbocycles. The Labute approximate surface area is 274 Å². The van der Waals surface area contributed by atoms with Crippen LogP contribution < -0.4 is 0 Å². The Morgan fingerprint density at radius 3 is 1.43 bits per heavy atom. The number of fused-ring (bicyclic) bond motifs is 6. The number of hydrogen-bond acceptors (Lipinski definition) is 4. The summed E-state index contributed by atoms with van der Waals surface area (Å²) in [4.78, 5) is 18.1. The van der Waals surface area contributed by atoms with Crippen LogP contribution in [-0.2, 0) is 5.41 Å². The van der Waals surface area contributed by atoms with Gasteiger partial charge in [0.2, 0.25) is 5.41 Å². The number of benzene rings is 4. The lowest BCUT2D eigenvalue weighted by molar-refractivity contribution is -0.288. The molecule has 0 saturated heterocycles. The third kappa shape index (κ3) is 4.77. The summed E-state index contributed by atoms with van der Waals surface area (Å²) < 4.78 is 92.3. The zero-order valence-electron chi connectivity index (χ0n) is 25.3. The van der Waals surface area contributed by atoms with E-state index < -0.39 is 28.9 Å². The molecule has 0 atom stereocenters. The molecule has 0 aliphatic rings. The standard InChI is InChI=1S/C39H22F6N4/c40-38(41,42)37(39(43,44)45,28-17-13-23(14-18-28)31-19-15-26-11-9-24-5-3-21-46-33(24)35(26)48-31)30-8-2-1-7-29(30)32-20-16-27-12-10-25-6-4-22-47-34(25)36(27)49-32/h1-22H. The van der Waals surface area contributed by atoms with E-state index >= 15 is 26.3 Å². The average molecular weight is 661 g/mol. The molecule has 0 radical (unpaired) electrons. The zero-order chi connectivity index (χ0) is 34.0. The molecule has 0 unspecified atom stereocenters. The second-order valence-electron chi connectivity index (χ2n) is 11.7. The third-order valence-electron chi connectivity index (χ3n) is 8.94. The smallest absolute Gasteiger partial charge is 0.254 e. The molecule has 8 rings (SSSR count). The number of nitrogens with zero attached hydrogens (tertiary/aromatic N) is 4. The van der Waals surface area contributed by atoms with Crippen molar-refractivity contribution in [1.82, 2.24) is 19.9 Å². The minimum Gasteiger partial charge on any atom is -0.254 e. The van der Waals surface area contributed by atoms with Crippen molar-refractivity contribution in [2.24, 2.45) is 0 Å². The van der Waals surface area contributed by atoms with Crippen LogP contribution >= 0.6 is 0 Å². The Morgan fingerprint density at radius 1 is 0.408 bits per heavy atom. The van der Waals surface area contributed by atoms with E-state index in [4.69, 9.17) is 4.98 Å². The summed E-state index contributed by atoms with van der Waals surface area (Å²) in [6.45, 7) is 0. The first kappa shape index (κ1) is 30.4. The molecule has 4 nitrogen and oxygen atoms in total. The van der Waals surface area contributed by atoms with Crippen LogP contribution in [0.15, 0.2) is 134 Å². The highest BCUT2D eigenvalue weighted by Crippen LogP contribution is 2.58. The maximum Gasteiger partial charge on any atom is 0.411 e. The molecular formula is C39H22F6N4. The number of aromatic nitrogens is 4. The SMILES string of the molecule is FC(F)(F)C(c1ccc(-c2ccc3ccc4cccnc4c3n2)cc1)(c1ccccc1-c1ccc2ccc3cccnc3c2n1)C(F)(F)F. The highest BCUT2D eigenvalue weighted by molar-refractivity contribution is 6.04. The van der Waals surface area contributed by atoms with E-state index in [1.165, 1.54) is 36.4 Å². The van der Waals surface area contributed by atoms with Crippen LogP contribution in [0.2, 0.25) is 0 Å². The Morgan fingerprint density at radius 2 is 0.878 bits per heavy atom. The molecule has 4 heterocycles. The molecule has 240 valence electrons. The molecule has 0 aliphatic heterocycles. The summed E-state index contributed by atoms with van der Waals surface area (Å²) in [6, 6.07) is 30.0. The molecule has 0 N–H and O–H groups in total. The van der Waals surface area contributed by atoms with Gasteiger partial charge in [-0.15, -0.1) is 0 Å². The van der Waals surface area contributed by atoms with Crippen LogP contribution in [0.4, 0.5) is 26.3 Å². The predicted molar refractivity (Wildman–Crippen MR) is 178 cm³/mol. The van der Waals surface area contributed by atoms with E-state index in [0.717, 1.165) is 34.4 Å². The van der Waals surface area contributed by atoms with Crippen LogP contribution in [0.3, 0.4) is 0 Å². The number of hydrogen-bond donors (Lipinski definition) is 0. The second kappa shape index (κ2) is 11.1. The van der Waals surface area contributed by atoms with Gasteiger partial charge in [0.05, 0.1) is 33.5 Å². The lowest BCUT2D eigenvalue weighted by Crippen LogP contribution is -2.55. The molecule has 0 amide bonds. The minimum atomic E-state index is -5.79. The van der Waals surface area contributed by atoms with Crippen molar-refractivity contribution in [2.75, 3.05) is 0 Å². The summed E-state index contributed by atoms with van der Waals surface area (Å²) in [6.07, 6.45) is -8.40. The van der Waals surface area contributed by atoms with E-state index in [0.29, 0.717) is 38.7 Å². The first-order chi connectivity index (χ1) is 23.6. The molecule has 0 aliphatic carbocycles. The minimum absolute atomic E-state index is 0.0445. The molecule has 49 heavy (non-hydrogen) atoms. The van der Waals surface area contributed by atoms with Crippen LogP contribution in [0.25, 0.3) is 66.1 Å². The maximum atomic E-state index is 15.4. The van der Waals surface area contributed by atoms with Crippen LogP contribution in [0.5, 0.6) is 0 Å². The first-order valence-electron chi connectivity index (χ1n) is 15.2. The van der Waals surface area contributed by atoms with Gasteiger partial charge in [-0.1, -0.05) is 97.1 Å². The fourth-order valence-corrected chi connectivity index (χ4v) is 6.63. The van der Waals surface area contributed by atoms with Gasteiger partial charge in [-0.25, -0.2) is 9.97 Å². The van der Waals surface area contributed by atoms with Crippen molar-refractivity contribution in [3.8, 4) is 22.5 Å². The van der Waals surface area contributed by atoms with E-state index in [2.05, 4.69) is 15.0 Å². The molecule has 4 aromatic heterocycles. The van der Waals surface area contributed by atoms with Gasteiger partial charge in [-0.2, -0.15) is 26.3 Å². The third-order valence-corrected chi connectivity index (χ3v) is 8.94. The molecule has 0 spiro atoms. The fraction of sp³-hybridized carbons (Fsp3) is 0.0769. The van der Waals surface area contributed by atoms with E-state index in [-0.39, 0.29) is 11.3 Å². The molecule has 8 aromatic rings. The Bertz CT molecular complexity index is 2530. The Kier molecular flexibility index (Phi) is 6.88. The maximum absolute atomic E-state index is 15.4. The number of alkyl halides is 6. The summed E-state index contributed by atoms with van der Waals surface area (Å²) in [5.41, 5.74) is -3.92. The van der Waals surface area contributed by atoms with Gasteiger partial charge in [0.15, 0.2) is 0 Å². The molecule has 10 heteroatoms. The number of halogens is 6. The Hall–Kier alpha value is -5.90. The van der Waals surface area contributed by atoms with E-state index in [1.54, 1.807) is 54.9 Å². The summed E-state index contributed by atoms with van der Waals surface area (Å²) >= 11 is 0. The molecule has 0 saturated carbocycles. The molecule has 0 fully saturated rings. The quantitative estimate of drug-likeness (QED) is 0.139. The van der Waals surface area contributed by atoms with Crippen molar-refractivity contribution in [2.45, 2.75) is 17.8 Å². The lowest BCUT2D eigenvalue weighted by Gasteiger charge is -2.39. The zero-order valence-corrected chi connectivity index (χ0v) is 25.3. The summed E-state index contributed by atoms with van der Waals surface area (Å²) in [5, 5.41) is 3.02. The van der Waals surface area contributed by atoms with Gasteiger partial charge >= 0.3 is 12.4 Å². The van der Waals surface area contributed by atoms with E-state index in [9.17, 15) is 0 Å². The molecule has 0 bridgehead atoms. The van der Waals surface area contributed by atoms with E-state index in [1.807, 2.05) is 24.3 Å². The first-order valence-corrected chi connectivity index (χ1v) is 15.2. The normalized spacial score (nSPS) is 12.7. The van der Waals surface area contributed by atoms with Crippen molar-refractivity contribution >= 4 is 43.6 Å². The van der Waals surface area contributed by atoms with Crippen LogP contribution in [-0.4, -0.2) is 32.3 Å². The van der Waals surface area contributed by atoms with Crippen LogP contribution in [0.1, 0.15) is 11.1 Å². The van der Waals surface area contributed by atoms with Gasteiger partial charge < -0.3 is 0 Å². The average Bonchev–Trinajstić information content (AvgIpc) is 3.10. The molecular weight excluding hydrogens is 638 g/mol. The van der Waals surface area contributed by atoms with Crippen molar-refractivity contribution in [1.29, 1.82) is 0 Å². The van der Waals surface area contributed by atoms with Crippen molar-refractivity contribution in [3.05, 3.63) is 145 Å². The highest BCUT2D eigenvalue weighted by Gasteiger charge is 2.73. The van der Waals surface area contributed by atoms with Gasteiger partial charge in [-0.3, -0.25) is 9.97 Å². The highest BCUT2D eigenvalue weighted by atomic mass is 19.4. The number of pyridine rings is 4. The lowest BCUT2D eigenvalue weighted by atomic mass is 9.70. The topological polar surface area (TPSA) is 51.6 Å².